The maximum Gasteiger partial charge on any atom is 0.119 e. The number of nitrogens with one attached hydrogen (secondary N) is 1. The van der Waals surface area contributed by atoms with E-state index in [2.05, 4.69) is 24.1 Å². The van der Waals surface area contributed by atoms with Crippen molar-refractivity contribution in [1.29, 1.82) is 0 Å². The van der Waals surface area contributed by atoms with Crippen LogP contribution in [-0.4, -0.2) is 48.8 Å². The molecule has 1 aliphatic rings. The Balaban J connectivity index is 1.97. The Morgan fingerprint density at radius 3 is 2.86 bits per heavy atom. The lowest BCUT2D eigenvalue weighted by atomic mass is 10.1. The molecule has 0 aromatic heterocycles. The van der Waals surface area contributed by atoms with E-state index in [9.17, 15) is 5.11 Å². The van der Waals surface area contributed by atoms with Gasteiger partial charge in [-0.25, -0.2) is 0 Å². The Kier molecular flexibility index (Phi) is 6.03. The van der Waals surface area contributed by atoms with Crippen LogP contribution in [0.25, 0.3) is 0 Å². The van der Waals surface area contributed by atoms with Crippen LogP contribution in [0.3, 0.4) is 0 Å². The summed E-state index contributed by atoms with van der Waals surface area (Å²) < 4.78 is 5.23. The summed E-state index contributed by atoms with van der Waals surface area (Å²) in [6, 6.07) is 8.68. The molecule has 2 rings (SSSR count). The van der Waals surface area contributed by atoms with Gasteiger partial charge in [0.15, 0.2) is 0 Å². The largest absolute Gasteiger partial charge is 0.497 e. The van der Waals surface area contributed by atoms with Crippen molar-refractivity contribution in [2.75, 3.05) is 26.7 Å². The number of rotatable bonds is 7. The number of benzene rings is 1. The van der Waals surface area contributed by atoms with Crippen LogP contribution >= 0.6 is 0 Å². The topological polar surface area (TPSA) is 44.7 Å². The third-order valence-corrected chi connectivity index (χ3v) is 4.23. The van der Waals surface area contributed by atoms with Gasteiger partial charge >= 0.3 is 0 Å². The fourth-order valence-corrected chi connectivity index (χ4v) is 2.87. The number of aliphatic hydroxyl groups is 1. The smallest absolute Gasteiger partial charge is 0.119 e. The highest BCUT2D eigenvalue weighted by Gasteiger charge is 2.22. The first-order valence-corrected chi connectivity index (χ1v) is 7.89. The first-order chi connectivity index (χ1) is 10.1. The van der Waals surface area contributed by atoms with Crippen LogP contribution < -0.4 is 10.1 Å². The van der Waals surface area contributed by atoms with Gasteiger partial charge < -0.3 is 15.2 Å². The van der Waals surface area contributed by atoms with E-state index < -0.39 is 6.10 Å². The number of nitrogens with zero attached hydrogens (tertiary/aromatic N) is 1. The van der Waals surface area contributed by atoms with E-state index in [0.29, 0.717) is 18.6 Å². The maximum absolute atomic E-state index is 10.5. The molecule has 1 fully saturated rings. The van der Waals surface area contributed by atoms with E-state index in [1.54, 1.807) is 7.11 Å². The highest BCUT2D eigenvalue weighted by atomic mass is 16.5. The van der Waals surface area contributed by atoms with E-state index >= 15 is 0 Å². The molecule has 1 aromatic carbocycles. The first kappa shape index (κ1) is 16.3. The second kappa shape index (κ2) is 7.78. The van der Waals surface area contributed by atoms with Gasteiger partial charge in [-0.15, -0.1) is 0 Å². The van der Waals surface area contributed by atoms with Crippen molar-refractivity contribution in [3.8, 4) is 5.75 Å². The molecule has 2 atom stereocenters. The molecule has 2 N–H and O–H groups in total. The molecule has 0 aliphatic carbocycles. The molecule has 1 aliphatic heterocycles. The van der Waals surface area contributed by atoms with Gasteiger partial charge in [-0.05, 0) is 50.9 Å². The average molecular weight is 292 g/mol. The zero-order chi connectivity index (χ0) is 15.2. The molecule has 0 saturated carbocycles. The number of ether oxygens (including phenoxy) is 1. The monoisotopic (exact) mass is 292 g/mol. The van der Waals surface area contributed by atoms with E-state index in [-0.39, 0.29) is 0 Å². The summed E-state index contributed by atoms with van der Waals surface area (Å²) in [7, 11) is 1.65. The van der Waals surface area contributed by atoms with Gasteiger partial charge in [-0.3, -0.25) is 4.90 Å². The van der Waals surface area contributed by atoms with E-state index in [0.717, 1.165) is 24.4 Å². The minimum atomic E-state index is -0.482. The Labute approximate surface area is 128 Å². The third-order valence-electron chi connectivity index (χ3n) is 4.23. The number of hydrogen-bond donors (Lipinski definition) is 2. The number of methoxy groups -OCH3 is 1. The fraction of sp³-hybridized carbons (Fsp3) is 0.647. The summed E-state index contributed by atoms with van der Waals surface area (Å²) in [4.78, 5) is 2.35. The molecule has 0 spiro atoms. The maximum atomic E-state index is 10.5. The van der Waals surface area contributed by atoms with Crippen molar-refractivity contribution in [2.45, 2.75) is 44.9 Å². The van der Waals surface area contributed by atoms with Gasteiger partial charge in [0.05, 0.1) is 13.2 Å². The van der Waals surface area contributed by atoms with Gasteiger partial charge in [-0.2, -0.15) is 0 Å². The van der Waals surface area contributed by atoms with Crippen LogP contribution in [0.15, 0.2) is 24.3 Å². The average Bonchev–Trinajstić information content (AvgIpc) is 2.99. The first-order valence-electron chi connectivity index (χ1n) is 7.89. The van der Waals surface area contributed by atoms with Crippen molar-refractivity contribution in [3.05, 3.63) is 29.8 Å². The molecule has 0 bridgehead atoms. The molecular formula is C17H28N2O2. The summed E-state index contributed by atoms with van der Waals surface area (Å²) >= 11 is 0. The van der Waals surface area contributed by atoms with Gasteiger partial charge in [0, 0.05) is 25.2 Å². The number of hydrogen-bond acceptors (Lipinski definition) is 4. The van der Waals surface area contributed by atoms with E-state index in [1.165, 1.54) is 12.8 Å². The zero-order valence-electron chi connectivity index (χ0n) is 13.4. The van der Waals surface area contributed by atoms with Crippen LogP contribution in [0.5, 0.6) is 5.75 Å². The predicted molar refractivity (Wildman–Crippen MR) is 85.7 cm³/mol. The SMILES string of the molecule is COc1cccc(C(O)CN(CC2CCCN2)C(C)C)c1. The summed E-state index contributed by atoms with van der Waals surface area (Å²) in [5.74, 6) is 0.792. The van der Waals surface area contributed by atoms with Gasteiger partial charge in [0.2, 0.25) is 0 Å². The second-order valence-electron chi connectivity index (χ2n) is 6.13. The van der Waals surface area contributed by atoms with Crippen molar-refractivity contribution in [3.63, 3.8) is 0 Å². The zero-order valence-corrected chi connectivity index (χ0v) is 13.4. The molecule has 1 saturated heterocycles. The Hall–Kier alpha value is -1.10. The summed E-state index contributed by atoms with van der Waals surface area (Å²) in [5, 5.41) is 14.0. The molecule has 1 heterocycles. The van der Waals surface area contributed by atoms with Crippen LogP contribution in [0.2, 0.25) is 0 Å². The quantitative estimate of drug-likeness (QED) is 0.808. The fourth-order valence-electron chi connectivity index (χ4n) is 2.87. The summed E-state index contributed by atoms with van der Waals surface area (Å²) in [6.07, 6.45) is 2.01. The molecular weight excluding hydrogens is 264 g/mol. The summed E-state index contributed by atoms with van der Waals surface area (Å²) in [5.41, 5.74) is 0.916. The molecule has 0 amide bonds. The van der Waals surface area contributed by atoms with Crippen LogP contribution in [0.4, 0.5) is 0 Å². The number of aliphatic hydroxyl groups excluding tert-OH is 1. The van der Waals surface area contributed by atoms with Crippen LogP contribution in [-0.2, 0) is 0 Å². The minimum absolute atomic E-state index is 0.424. The van der Waals surface area contributed by atoms with Crippen molar-refractivity contribution in [2.24, 2.45) is 0 Å². The lowest BCUT2D eigenvalue weighted by molar-refractivity contribution is 0.0897. The van der Waals surface area contributed by atoms with Crippen molar-refractivity contribution >= 4 is 0 Å². The van der Waals surface area contributed by atoms with E-state index in [1.807, 2.05) is 24.3 Å². The van der Waals surface area contributed by atoms with Gasteiger partial charge in [0.1, 0.15) is 5.75 Å². The minimum Gasteiger partial charge on any atom is -0.497 e. The van der Waals surface area contributed by atoms with E-state index in [4.69, 9.17) is 4.74 Å². The Morgan fingerprint density at radius 2 is 2.24 bits per heavy atom. The molecule has 1 aromatic rings. The summed E-state index contributed by atoms with van der Waals surface area (Å²) in [6.45, 7) is 7.15. The van der Waals surface area contributed by atoms with Gasteiger partial charge in [-0.1, -0.05) is 12.1 Å². The highest BCUT2D eigenvalue weighted by molar-refractivity contribution is 5.29. The molecule has 4 heteroatoms. The lowest BCUT2D eigenvalue weighted by Gasteiger charge is -2.31. The Morgan fingerprint density at radius 1 is 1.43 bits per heavy atom. The predicted octanol–water partition coefficient (Wildman–Crippen LogP) is 2.19. The molecule has 21 heavy (non-hydrogen) atoms. The second-order valence-corrected chi connectivity index (χ2v) is 6.13. The normalized spacial score (nSPS) is 20.2. The molecule has 0 radical (unpaired) electrons. The molecule has 2 unspecified atom stereocenters. The standard InChI is InChI=1S/C17H28N2O2/c1-13(2)19(11-15-7-5-9-18-15)12-17(20)14-6-4-8-16(10-14)21-3/h4,6,8,10,13,15,17-18,20H,5,7,9,11-12H2,1-3H3. The van der Waals surface area contributed by atoms with Gasteiger partial charge in [0.25, 0.3) is 0 Å². The van der Waals surface area contributed by atoms with Crippen molar-refractivity contribution < 1.29 is 9.84 Å². The lowest BCUT2D eigenvalue weighted by Crippen LogP contribution is -2.43. The van der Waals surface area contributed by atoms with Crippen molar-refractivity contribution in [1.82, 2.24) is 10.2 Å². The molecule has 4 nitrogen and oxygen atoms in total. The highest BCUT2D eigenvalue weighted by Crippen LogP contribution is 2.21. The van der Waals surface area contributed by atoms with Crippen LogP contribution in [0.1, 0.15) is 38.4 Å². The van der Waals surface area contributed by atoms with Crippen LogP contribution in [0, 0.1) is 0 Å². The third kappa shape index (κ3) is 4.70. The Bertz CT molecular complexity index is 431. The molecule has 118 valence electrons.